The third-order valence-corrected chi connectivity index (χ3v) is 3.06. The Kier molecular flexibility index (Phi) is 3.55. The number of benzene rings is 1. The molecule has 0 bridgehead atoms. The van der Waals surface area contributed by atoms with Crippen molar-refractivity contribution >= 4 is 6.09 Å². The van der Waals surface area contributed by atoms with Crippen molar-refractivity contribution in [2.75, 3.05) is 13.7 Å². The van der Waals surface area contributed by atoms with Gasteiger partial charge in [-0.25, -0.2) is 4.79 Å². The van der Waals surface area contributed by atoms with Gasteiger partial charge in [0, 0.05) is 6.54 Å². The minimum atomic E-state index is -0.279. The maximum atomic E-state index is 11.7. The number of nitrogens with zero attached hydrogens (tertiary/aromatic N) is 1. The minimum absolute atomic E-state index is 0.0281. The van der Waals surface area contributed by atoms with Gasteiger partial charge in [-0.15, -0.1) is 0 Å². The lowest BCUT2D eigenvalue weighted by molar-refractivity contribution is 0.156. The first-order chi connectivity index (χ1) is 8.61. The van der Waals surface area contributed by atoms with Crippen molar-refractivity contribution in [3.63, 3.8) is 0 Å². The summed E-state index contributed by atoms with van der Waals surface area (Å²) in [5, 5.41) is 0. The van der Waals surface area contributed by atoms with Crippen molar-refractivity contribution in [1.82, 2.24) is 4.90 Å². The smallest absolute Gasteiger partial charge is 0.410 e. The number of rotatable bonds is 4. The van der Waals surface area contributed by atoms with Crippen molar-refractivity contribution < 1.29 is 14.3 Å². The molecular weight excluding hydrogens is 230 g/mol. The lowest BCUT2D eigenvalue weighted by Gasteiger charge is -2.21. The minimum Gasteiger partial charge on any atom is -0.497 e. The Balaban J connectivity index is 2.11. The Bertz CT molecular complexity index is 453. The highest BCUT2D eigenvalue weighted by Crippen LogP contribution is 2.21. The van der Waals surface area contributed by atoms with Gasteiger partial charge in [-0.1, -0.05) is 24.3 Å². The lowest BCUT2D eigenvalue weighted by Crippen LogP contribution is -2.33. The monoisotopic (exact) mass is 247 g/mol. The standard InChI is InChI=1S/C14H17NO3/c1-10(2)13-9-18-14(16)15(13)8-11-4-6-12(17-3)7-5-11/h4-7,13H,1,8-9H2,2-3H3/t13-/m0/s1. The van der Waals surface area contributed by atoms with Crippen LogP contribution in [-0.4, -0.2) is 30.8 Å². The van der Waals surface area contributed by atoms with Crippen LogP contribution in [0.2, 0.25) is 0 Å². The van der Waals surface area contributed by atoms with E-state index in [9.17, 15) is 4.79 Å². The summed E-state index contributed by atoms with van der Waals surface area (Å²) >= 11 is 0. The number of ether oxygens (including phenoxy) is 2. The Hall–Kier alpha value is -1.97. The molecule has 1 amide bonds. The van der Waals surface area contributed by atoms with Crippen LogP contribution in [0.25, 0.3) is 0 Å². The van der Waals surface area contributed by atoms with Gasteiger partial charge in [-0.2, -0.15) is 0 Å². The lowest BCUT2D eigenvalue weighted by atomic mass is 10.1. The van der Waals surface area contributed by atoms with Crippen LogP contribution in [0.4, 0.5) is 4.79 Å². The first-order valence-corrected chi connectivity index (χ1v) is 5.83. The van der Waals surface area contributed by atoms with E-state index in [1.165, 1.54) is 0 Å². The quantitative estimate of drug-likeness (QED) is 0.768. The molecule has 1 aliphatic heterocycles. The fourth-order valence-electron chi connectivity index (χ4n) is 1.96. The summed E-state index contributed by atoms with van der Waals surface area (Å²) in [5.74, 6) is 0.805. The zero-order valence-electron chi connectivity index (χ0n) is 10.7. The molecule has 4 heteroatoms. The predicted octanol–water partition coefficient (Wildman–Crippen LogP) is 2.59. The summed E-state index contributed by atoms with van der Waals surface area (Å²) in [6, 6.07) is 7.62. The predicted molar refractivity (Wildman–Crippen MR) is 68.5 cm³/mol. The second-order valence-electron chi connectivity index (χ2n) is 4.42. The second kappa shape index (κ2) is 5.12. The Morgan fingerprint density at radius 2 is 2.17 bits per heavy atom. The van der Waals surface area contributed by atoms with E-state index in [1.807, 2.05) is 31.2 Å². The van der Waals surface area contributed by atoms with E-state index in [0.29, 0.717) is 13.2 Å². The molecule has 0 aliphatic carbocycles. The van der Waals surface area contributed by atoms with Gasteiger partial charge in [-0.05, 0) is 24.6 Å². The van der Waals surface area contributed by atoms with E-state index in [-0.39, 0.29) is 12.1 Å². The maximum Gasteiger partial charge on any atom is 0.410 e. The number of carbonyl (C=O) groups is 1. The van der Waals surface area contributed by atoms with Crippen LogP contribution in [0.5, 0.6) is 5.75 Å². The molecule has 18 heavy (non-hydrogen) atoms. The van der Waals surface area contributed by atoms with E-state index in [4.69, 9.17) is 9.47 Å². The van der Waals surface area contributed by atoms with Crippen LogP contribution >= 0.6 is 0 Å². The fraction of sp³-hybridized carbons (Fsp3) is 0.357. The molecule has 1 aromatic carbocycles. The van der Waals surface area contributed by atoms with Gasteiger partial charge in [0.15, 0.2) is 0 Å². The molecule has 1 aromatic rings. The third-order valence-electron chi connectivity index (χ3n) is 3.06. The molecule has 0 saturated carbocycles. The summed E-state index contributed by atoms with van der Waals surface area (Å²) in [5.41, 5.74) is 1.98. The van der Waals surface area contributed by atoms with Gasteiger partial charge in [0.2, 0.25) is 0 Å². The summed E-state index contributed by atoms with van der Waals surface area (Å²) in [4.78, 5) is 13.4. The molecule has 0 aromatic heterocycles. The van der Waals surface area contributed by atoms with E-state index >= 15 is 0 Å². The number of cyclic esters (lactones) is 1. The van der Waals surface area contributed by atoms with Gasteiger partial charge in [-0.3, -0.25) is 4.90 Å². The molecule has 1 heterocycles. The van der Waals surface area contributed by atoms with Gasteiger partial charge in [0.1, 0.15) is 12.4 Å². The van der Waals surface area contributed by atoms with Gasteiger partial charge < -0.3 is 9.47 Å². The highest BCUT2D eigenvalue weighted by atomic mass is 16.6. The number of hydrogen-bond donors (Lipinski definition) is 0. The average molecular weight is 247 g/mol. The largest absolute Gasteiger partial charge is 0.497 e. The molecule has 0 unspecified atom stereocenters. The van der Waals surface area contributed by atoms with Crippen LogP contribution < -0.4 is 4.74 Å². The molecule has 96 valence electrons. The van der Waals surface area contributed by atoms with Crippen molar-refractivity contribution in [1.29, 1.82) is 0 Å². The maximum absolute atomic E-state index is 11.7. The molecule has 2 rings (SSSR count). The van der Waals surface area contributed by atoms with Crippen LogP contribution in [0.15, 0.2) is 36.4 Å². The van der Waals surface area contributed by atoms with Gasteiger partial charge in [0.25, 0.3) is 0 Å². The zero-order valence-corrected chi connectivity index (χ0v) is 10.7. The van der Waals surface area contributed by atoms with Crippen LogP contribution in [0.3, 0.4) is 0 Å². The zero-order chi connectivity index (χ0) is 13.1. The number of methoxy groups -OCH3 is 1. The van der Waals surface area contributed by atoms with Crippen LogP contribution in [0.1, 0.15) is 12.5 Å². The number of amides is 1. The third kappa shape index (κ3) is 2.47. The van der Waals surface area contributed by atoms with Crippen molar-refractivity contribution in [3.05, 3.63) is 42.0 Å². The Morgan fingerprint density at radius 1 is 1.50 bits per heavy atom. The molecule has 0 spiro atoms. The molecular formula is C14H17NO3. The SMILES string of the molecule is C=C(C)[C@@H]1COC(=O)N1Cc1ccc(OC)cc1. The highest BCUT2D eigenvalue weighted by Gasteiger charge is 2.33. The Labute approximate surface area is 107 Å². The average Bonchev–Trinajstić information content (AvgIpc) is 2.72. The summed E-state index contributed by atoms with van der Waals surface area (Å²) in [6.07, 6.45) is -0.279. The number of hydrogen-bond acceptors (Lipinski definition) is 3. The topological polar surface area (TPSA) is 38.8 Å². The van der Waals surface area contributed by atoms with Crippen molar-refractivity contribution in [2.24, 2.45) is 0 Å². The summed E-state index contributed by atoms with van der Waals surface area (Å²) < 4.78 is 10.2. The van der Waals surface area contributed by atoms with E-state index in [2.05, 4.69) is 6.58 Å². The molecule has 4 nitrogen and oxygen atoms in total. The van der Waals surface area contributed by atoms with Crippen molar-refractivity contribution in [2.45, 2.75) is 19.5 Å². The Morgan fingerprint density at radius 3 is 2.72 bits per heavy atom. The first-order valence-electron chi connectivity index (χ1n) is 5.83. The van der Waals surface area contributed by atoms with E-state index in [0.717, 1.165) is 16.9 Å². The van der Waals surface area contributed by atoms with Gasteiger partial charge in [0.05, 0.1) is 13.2 Å². The molecule has 1 atom stereocenters. The van der Waals surface area contributed by atoms with E-state index < -0.39 is 0 Å². The fourth-order valence-corrected chi connectivity index (χ4v) is 1.96. The van der Waals surface area contributed by atoms with Crippen LogP contribution in [0, 0.1) is 0 Å². The summed E-state index contributed by atoms with van der Waals surface area (Å²) in [6.45, 7) is 6.73. The van der Waals surface area contributed by atoms with Gasteiger partial charge >= 0.3 is 6.09 Å². The molecule has 1 fully saturated rings. The normalized spacial score (nSPS) is 18.7. The van der Waals surface area contributed by atoms with Crippen molar-refractivity contribution in [3.8, 4) is 5.75 Å². The summed E-state index contributed by atoms with van der Waals surface area (Å²) in [7, 11) is 1.63. The second-order valence-corrected chi connectivity index (χ2v) is 4.42. The molecule has 0 N–H and O–H groups in total. The first kappa shape index (κ1) is 12.5. The molecule has 1 aliphatic rings. The molecule has 1 saturated heterocycles. The van der Waals surface area contributed by atoms with Crippen LogP contribution in [-0.2, 0) is 11.3 Å². The van der Waals surface area contributed by atoms with E-state index in [1.54, 1.807) is 12.0 Å². The highest BCUT2D eigenvalue weighted by molar-refractivity contribution is 5.71. The molecule has 0 radical (unpaired) electrons. The number of carbonyl (C=O) groups excluding carboxylic acids is 1.